The highest BCUT2D eigenvalue weighted by Crippen LogP contribution is 2.28. The average Bonchev–Trinajstić information content (AvgIpc) is 2.55. The van der Waals surface area contributed by atoms with Crippen LogP contribution in [0.5, 0.6) is 11.5 Å². The molecule has 0 aliphatic heterocycles. The van der Waals surface area contributed by atoms with Gasteiger partial charge in [0.05, 0.1) is 13.2 Å². The van der Waals surface area contributed by atoms with E-state index in [9.17, 15) is 4.79 Å². The summed E-state index contributed by atoms with van der Waals surface area (Å²) < 4.78 is 11.4. The fraction of sp³-hybridized carbons (Fsp3) is 0.588. The van der Waals surface area contributed by atoms with Crippen LogP contribution in [0, 0.1) is 0 Å². The molecule has 0 aromatic heterocycles. The number of amides is 1. The van der Waals surface area contributed by atoms with Crippen molar-refractivity contribution in [2.45, 2.75) is 39.7 Å². The van der Waals surface area contributed by atoms with Crippen molar-refractivity contribution in [3.63, 3.8) is 0 Å². The maximum Gasteiger partial charge on any atom is 0.251 e. The first-order valence-electron chi connectivity index (χ1n) is 7.97. The summed E-state index contributed by atoms with van der Waals surface area (Å²) in [7, 11) is 1.87. The van der Waals surface area contributed by atoms with E-state index in [0.29, 0.717) is 36.8 Å². The van der Waals surface area contributed by atoms with Crippen LogP contribution in [0.4, 0.5) is 0 Å². The van der Waals surface area contributed by atoms with Crippen LogP contribution in [-0.2, 0) is 0 Å². The lowest BCUT2D eigenvalue weighted by molar-refractivity contribution is 0.0950. The van der Waals surface area contributed by atoms with Crippen LogP contribution in [0.1, 0.15) is 44.0 Å². The summed E-state index contributed by atoms with van der Waals surface area (Å²) >= 11 is 0. The van der Waals surface area contributed by atoms with Crippen molar-refractivity contribution >= 4 is 18.3 Å². The quantitative estimate of drug-likeness (QED) is 0.685. The van der Waals surface area contributed by atoms with Crippen LogP contribution in [-0.4, -0.2) is 38.8 Å². The van der Waals surface area contributed by atoms with Gasteiger partial charge in [-0.2, -0.15) is 0 Å². The van der Waals surface area contributed by atoms with Crippen LogP contribution < -0.4 is 20.1 Å². The van der Waals surface area contributed by atoms with E-state index in [2.05, 4.69) is 17.6 Å². The molecule has 5 nitrogen and oxygen atoms in total. The van der Waals surface area contributed by atoms with Crippen molar-refractivity contribution < 1.29 is 14.3 Å². The van der Waals surface area contributed by atoms with Crippen LogP contribution in [0.2, 0.25) is 0 Å². The Kier molecular flexibility index (Phi) is 11.3. The predicted octanol–water partition coefficient (Wildman–Crippen LogP) is 3.02. The van der Waals surface area contributed by atoms with Crippen LogP contribution in [0.15, 0.2) is 18.2 Å². The zero-order chi connectivity index (χ0) is 16.4. The molecule has 6 heteroatoms. The van der Waals surface area contributed by atoms with Gasteiger partial charge in [-0.05, 0) is 45.0 Å². The Hall–Kier alpha value is -1.46. The summed E-state index contributed by atoms with van der Waals surface area (Å²) in [6.45, 7) is 7.92. The SMILES string of the molecule is CCCOc1ccc(C(=O)NCC(C)NC)cc1OCCC.Cl. The highest BCUT2D eigenvalue weighted by molar-refractivity contribution is 5.94. The largest absolute Gasteiger partial charge is 0.490 e. The summed E-state index contributed by atoms with van der Waals surface area (Å²) in [6.07, 6.45) is 1.83. The van der Waals surface area contributed by atoms with E-state index in [4.69, 9.17) is 9.47 Å². The van der Waals surface area contributed by atoms with Gasteiger partial charge in [0.1, 0.15) is 0 Å². The molecule has 0 spiro atoms. The second-order valence-corrected chi connectivity index (χ2v) is 5.26. The van der Waals surface area contributed by atoms with Gasteiger partial charge in [-0.1, -0.05) is 13.8 Å². The molecule has 0 aliphatic carbocycles. The highest BCUT2D eigenvalue weighted by atomic mass is 35.5. The normalized spacial score (nSPS) is 11.3. The van der Waals surface area contributed by atoms with Gasteiger partial charge < -0.3 is 20.1 Å². The maximum absolute atomic E-state index is 12.2. The van der Waals surface area contributed by atoms with Gasteiger partial charge in [-0.25, -0.2) is 0 Å². The number of likely N-dealkylation sites (N-methyl/N-ethyl adjacent to an activating group) is 1. The van der Waals surface area contributed by atoms with Crippen molar-refractivity contribution in [3.8, 4) is 11.5 Å². The lowest BCUT2D eigenvalue weighted by Crippen LogP contribution is -2.37. The van der Waals surface area contributed by atoms with Gasteiger partial charge in [0.2, 0.25) is 0 Å². The van der Waals surface area contributed by atoms with E-state index in [1.165, 1.54) is 0 Å². The molecule has 0 aliphatic rings. The minimum atomic E-state index is -0.106. The number of halogens is 1. The Morgan fingerprint density at radius 2 is 1.74 bits per heavy atom. The van der Waals surface area contributed by atoms with Gasteiger partial charge in [-0.3, -0.25) is 4.79 Å². The molecule has 1 aromatic rings. The zero-order valence-electron chi connectivity index (χ0n) is 14.5. The maximum atomic E-state index is 12.2. The molecular weight excluding hydrogens is 316 g/mol. The first-order valence-corrected chi connectivity index (χ1v) is 7.97. The average molecular weight is 345 g/mol. The summed E-state index contributed by atoms with van der Waals surface area (Å²) in [6, 6.07) is 5.55. The Balaban J connectivity index is 0.00000484. The van der Waals surface area contributed by atoms with Crippen molar-refractivity contribution in [2.24, 2.45) is 0 Å². The standard InChI is InChI=1S/C17H28N2O3.ClH/c1-5-9-21-15-8-7-14(11-16(15)22-10-6-2)17(20)19-12-13(3)18-4;/h7-8,11,13,18H,5-6,9-10,12H2,1-4H3,(H,19,20);1H. The van der Waals surface area contributed by atoms with E-state index in [-0.39, 0.29) is 24.4 Å². The van der Waals surface area contributed by atoms with Gasteiger partial charge in [-0.15, -0.1) is 12.4 Å². The first kappa shape index (κ1) is 21.5. The molecule has 0 saturated heterocycles. The molecule has 0 radical (unpaired) electrons. The Morgan fingerprint density at radius 3 is 2.30 bits per heavy atom. The third-order valence-electron chi connectivity index (χ3n) is 3.19. The van der Waals surface area contributed by atoms with Crippen molar-refractivity contribution in [1.82, 2.24) is 10.6 Å². The molecule has 0 saturated carbocycles. The summed E-state index contributed by atoms with van der Waals surface area (Å²) in [5.74, 6) is 1.21. The third-order valence-corrected chi connectivity index (χ3v) is 3.19. The molecule has 0 bridgehead atoms. The molecule has 0 fully saturated rings. The highest BCUT2D eigenvalue weighted by Gasteiger charge is 2.12. The molecular formula is C17H29ClN2O3. The predicted molar refractivity (Wildman–Crippen MR) is 96.1 cm³/mol. The first-order chi connectivity index (χ1) is 10.6. The van der Waals surface area contributed by atoms with Crippen molar-refractivity contribution in [1.29, 1.82) is 0 Å². The Labute approximate surface area is 145 Å². The summed E-state index contributed by atoms with van der Waals surface area (Å²) in [4.78, 5) is 12.2. The van der Waals surface area contributed by atoms with E-state index in [1.54, 1.807) is 18.2 Å². The van der Waals surface area contributed by atoms with E-state index >= 15 is 0 Å². The molecule has 132 valence electrons. The molecule has 1 amide bonds. The van der Waals surface area contributed by atoms with Crippen LogP contribution in [0.25, 0.3) is 0 Å². The monoisotopic (exact) mass is 344 g/mol. The topological polar surface area (TPSA) is 59.6 Å². The minimum Gasteiger partial charge on any atom is -0.490 e. The molecule has 2 N–H and O–H groups in total. The second kappa shape index (κ2) is 12.0. The number of hydrogen-bond acceptors (Lipinski definition) is 4. The summed E-state index contributed by atoms with van der Waals surface area (Å²) in [5.41, 5.74) is 0.582. The smallest absolute Gasteiger partial charge is 0.251 e. The molecule has 1 atom stereocenters. The van der Waals surface area contributed by atoms with Gasteiger partial charge in [0.25, 0.3) is 5.91 Å². The van der Waals surface area contributed by atoms with Crippen LogP contribution >= 0.6 is 12.4 Å². The number of rotatable bonds is 10. The fourth-order valence-electron chi connectivity index (χ4n) is 1.76. The fourth-order valence-corrected chi connectivity index (χ4v) is 1.76. The molecule has 1 aromatic carbocycles. The summed E-state index contributed by atoms with van der Waals surface area (Å²) in [5, 5.41) is 5.98. The zero-order valence-corrected chi connectivity index (χ0v) is 15.3. The van der Waals surface area contributed by atoms with Gasteiger partial charge in [0.15, 0.2) is 11.5 Å². The third kappa shape index (κ3) is 7.57. The number of hydrogen-bond donors (Lipinski definition) is 2. The van der Waals surface area contributed by atoms with Crippen molar-refractivity contribution in [2.75, 3.05) is 26.8 Å². The minimum absolute atomic E-state index is 0. The van der Waals surface area contributed by atoms with Gasteiger partial charge in [0, 0.05) is 18.2 Å². The number of benzene rings is 1. The van der Waals surface area contributed by atoms with Crippen LogP contribution in [0.3, 0.4) is 0 Å². The lowest BCUT2D eigenvalue weighted by atomic mass is 10.2. The Bertz CT molecular complexity index is 469. The molecule has 1 unspecified atom stereocenters. The number of nitrogens with one attached hydrogen (secondary N) is 2. The molecule has 23 heavy (non-hydrogen) atoms. The van der Waals surface area contributed by atoms with E-state index < -0.39 is 0 Å². The number of ether oxygens (including phenoxy) is 2. The second-order valence-electron chi connectivity index (χ2n) is 5.26. The van der Waals surface area contributed by atoms with Crippen molar-refractivity contribution in [3.05, 3.63) is 23.8 Å². The molecule has 1 rings (SSSR count). The Morgan fingerprint density at radius 1 is 1.13 bits per heavy atom. The molecule has 0 heterocycles. The lowest BCUT2D eigenvalue weighted by Gasteiger charge is -2.15. The van der Waals surface area contributed by atoms with E-state index in [1.807, 2.05) is 20.9 Å². The number of carbonyl (C=O) groups excluding carboxylic acids is 1. The number of carbonyl (C=O) groups is 1. The van der Waals surface area contributed by atoms with Gasteiger partial charge >= 0.3 is 0 Å². The van der Waals surface area contributed by atoms with E-state index in [0.717, 1.165) is 12.8 Å².